The Labute approximate surface area is 90.8 Å². The maximum absolute atomic E-state index is 8.87. The van der Waals surface area contributed by atoms with Gasteiger partial charge in [0.2, 0.25) is 0 Å². The third kappa shape index (κ3) is 1.80. The Morgan fingerprint density at radius 2 is 1.73 bits per heavy atom. The van der Waals surface area contributed by atoms with Crippen molar-refractivity contribution in [1.29, 1.82) is 0 Å². The van der Waals surface area contributed by atoms with Crippen molar-refractivity contribution in [2.24, 2.45) is 11.8 Å². The molecule has 4 nitrogen and oxygen atoms in total. The molecule has 1 aliphatic carbocycles. The zero-order chi connectivity index (χ0) is 10.3. The fraction of sp³-hybridized carbons (Fsp3) is 1.00. The molecule has 3 aliphatic rings. The van der Waals surface area contributed by atoms with Crippen LogP contribution in [0.4, 0.5) is 0 Å². The summed E-state index contributed by atoms with van der Waals surface area (Å²) in [6.07, 6.45) is 0. The van der Waals surface area contributed by atoms with Crippen molar-refractivity contribution in [3.8, 4) is 0 Å². The van der Waals surface area contributed by atoms with Crippen LogP contribution in [0.5, 0.6) is 0 Å². The van der Waals surface area contributed by atoms with Crippen molar-refractivity contribution in [1.82, 2.24) is 9.80 Å². The Morgan fingerprint density at radius 1 is 1.07 bits per heavy atom. The van der Waals surface area contributed by atoms with Gasteiger partial charge in [-0.3, -0.25) is 9.80 Å². The molecule has 15 heavy (non-hydrogen) atoms. The molecule has 2 saturated heterocycles. The van der Waals surface area contributed by atoms with Crippen molar-refractivity contribution in [3.63, 3.8) is 0 Å². The number of aliphatic hydroxyl groups excluding tert-OH is 1. The van der Waals surface area contributed by atoms with Gasteiger partial charge in [-0.15, -0.1) is 0 Å². The van der Waals surface area contributed by atoms with E-state index in [1.54, 1.807) is 0 Å². The summed E-state index contributed by atoms with van der Waals surface area (Å²) >= 11 is 0. The van der Waals surface area contributed by atoms with Gasteiger partial charge in [0.05, 0.1) is 19.8 Å². The van der Waals surface area contributed by atoms with E-state index in [1.807, 2.05) is 0 Å². The lowest BCUT2D eigenvalue weighted by Gasteiger charge is -2.35. The summed E-state index contributed by atoms with van der Waals surface area (Å²) in [7, 11) is 0. The largest absolute Gasteiger partial charge is 0.395 e. The topological polar surface area (TPSA) is 35.9 Å². The maximum Gasteiger partial charge on any atom is 0.0558 e. The van der Waals surface area contributed by atoms with Crippen LogP contribution in [0.3, 0.4) is 0 Å². The van der Waals surface area contributed by atoms with E-state index < -0.39 is 0 Å². The van der Waals surface area contributed by atoms with Gasteiger partial charge in [-0.2, -0.15) is 0 Å². The summed E-state index contributed by atoms with van der Waals surface area (Å²) in [5.74, 6) is 1.68. The van der Waals surface area contributed by atoms with Crippen LogP contribution >= 0.6 is 0 Å². The molecule has 3 fully saturated rings. The predicted molar refractivity (Wildman–Crippen MR) is 56.7 cm³/mol. The zero-order valence-electron chi connectivity index (χ0n) is 9.14. The van der Waals surface area contributed by atoms with Crippen LogP contribution < -0.4 is 0 Å². The molecular formula is C11H20N2O2. The molecule has 0 amide bonds. The Bertz CT molecular complexity index is 219. The molecular weight excluding hydrogens is 192 g/mol. The summed E-state index contributed by atoms with van der Waals surface area (Å²) in [6.45, 7) is 7.72. The minimum absolute atomic E-state index is 0.294. The fourth-order valence-electron chi connectivity index (χ4n) is 3.18. The van der Waals surface area contributed by atoms with Crippen LogP contribution in [-0.2, 0) is 4.74 Å². The highest BCUT2D eigenvalue weighted by molar-refractivity contribution is 5.07. The van der Waals surface area contributed by atoms with E-state index in [0.717, 1.165) is 50.7 Å². The first-order valence-electron chi connectivity index (χ1n) is 6.05. The molecule has 86 valence electrons. The van der Waals surface area contributed by atoms with Gasteiger partial charge >= 0.3 is 0 Å². The van der Waals surface area contributed by atoms with Crippen molar-refractivity contribution in [2.45, 2.75) is 6.04 Å². The lowest BCUT2D eigenvalue weighted by atomic mass is 10.3. The van der Waals surface area contributed by atoms with E-state index in [4.69, 9.17) is 9.84 Å². The first-order valence-corrected chi connectivity index (χ1v) is 6.05. The Balaban J connectivity index is 1.47. The zero-order valence-corrected chi connectivity index (χ0v) is 9.14. The van der Waals surface area contributed by atoms with Crippen LogP contribution in [0, 0.1) is 11.8 Å². The summed E-state index contributed by atoms with van der Waals surface area (Å²) < 4.78 is 5.42. The molecule has 0 spiro atoms. The molecule has 3 rings (SSSR count). The number of β-amino-alcohol motifs (C(OH)–C–C–N with tert-alkyl or cyclic N) is 1. The molecule has 4 heteroatoms. The van der Waals surface area contributed by atoms with E-state index in [2.05, 4.69) is 9.80 Å². The van der Waals surface area contributed by atoms with Crippen LogP contribution in [0.2, 0.25) is 0 Å². The molecule has 0 aromatic heterocycles. The molecule has 0 aromatic rings. The van der Waals surface area contributed by atoms with Crippen LogP contribution in [-0.4, -0.2) is 73.5 Å². The number of piperazine rings is 1. The monoisotopic (exact) mass is 212 g/mol. The van der Waals surface area contributed by atoms with Crippen LogP contribution in [0.1, 0.15) is 0 Å². The van der Waals surface area contributed by atoms with E-state index in [0.29, 0.717) is 6.61 Å². The lowest BCUT2D eigenvalue weighted by molar-refractivity contribution is 0.0762. The number of aliphatic hydroxyl groups is 1. The smallest absolute Gasteiger partial charge is 0.0558 e. The van der Waals surface area contributed by atoms with Gasteiger partial charge in [0.15, 0.2) is 0 Å². The SMILES string of the molecule is OCCN1CCN(C2C3COCC32)CC1. The highest BCUT2D eigenvalue weighted by atomic mass is 16.5. The molecule has 1 N–H and O–H groups in total. The van der Waals surface area contributed by atoms with E-state index >= 15 is 0 Å². The number of ether oxygens (including phenoxy) is 1. The van der Waals surface area contributed by atoms with Crippen molar-refractivity contribution in [2.75, 3.05) is 52.5 Å². The lowest BCUT2D eigenvalue weighted by Crippen LogP contribution is -2.48. The standard InChI is InChI=1S/C11H20N2O2/c14-6-5-12-1-3-13(4-2-12)11-9-7-15-8-10(9)11/h9-11,14H,1-8H2. The van der Waals surface area contributed by atoms with E-state index in [-0.39, 0.29) is 0 Å². The molecule has 2 heterocycles. The average Bonchev–Trinajstić information content (AvgIpc) is 2.74. The number of nitrogens with zero attached hydrogens (tertiary/aromatic N) is 2. The summed E-state index contributed by atoms with van der Waals surface area (Å²) in [5, 5.41) is 8.87. The van der Waals surface area contributed by atoms with Crippen molar-refractivity contribution < 1.29 is 9.84 Å². The van der Waals surface area contributed by atoms with E-state index in [1.165, 1.54) is 13.1 Å². The van der Waals surface area contributed by atoms with Crippen molar-refractivity contribution in [3.05, 3.63) is 0 Å². The van der Waals surface area contributed by atoms with Gasteiger partial charge in [0.25, 0.3) is 0 Å². The Kier molecular flexibility index (Phi) is 2.68. The summed E-state index contributed by atoms with van der Waals surface area (Å²) in [5.41, 5.74) is 0. The molecule has 0 aromatic carbocycles. The molecule has 2 unspecified atom stereocenters. The minimum Gasteiger partial charge on any atom is -0.395 e. The maximum atomic E-state index is 8.87. The molecule has 2 atom stereocenters. The molecule has 0 bridgehead atoms. The number of hydrogen-bond donors (Lipinski definition) is 1. The first-order chi connectivity index (χ1) is 7.40. The van der Waals surface area contributed by atoms with Crippen LogP contribution in [0.15, 0.2) is 0 Å². The number of rotatable bonds is 3. The molecule has 1 saturated carbocycles. The second-order valence-corrected chi connectivity index (χ2v) is 4.96. The summed E-state index contributed by atoms with van der Waals surface area (Å²) in [6, 6.07) is 0.829. The quantitative estimate of drug-likeness (QED) is 0.667. The van der Waals surface area contributed by atoms with E-state index in [9.17, 15) is 0 Å². The van der Waals surface area contributed by atoms with Gasteiger partial charge in [-0.05, 0) is 0 Å². The molecule has 0 radical (unpaired) electrons. The second-order valence-electron chi connectivity index (χ2n) is 4.96. The van der Waals surface area contributed by atoms with Gasteiger partial charge in [0.1, 0.15) is 0 Å². The molecule has 2 aliphatic heterocycles. The van der Waals surface area contributed by atoms with Gasteiger partial charge in [-0.1, -0.05) is 0 Å². The summed E-state index contributed by atoms with van der Waals surface area (Å²) in [4.78, 5) is 4.98. The Hall–Kier alpha value is -0.160. The first kappa shape index (κ1) is 10.0. The number of hydrogen-bond acceptors (Lipinski definition) is 4. The van der Waals surface area contributed by atoms with Crippen molar-refractivity contribution >= 4 is 0 Å². The highest BCUT2D eigenvalue weighted by Gasteiger charge is 2.56. The Morgan fingerprint density at radius 3 is 2.33 bits per heavy atom. The van der Waals surface area contributed by atoms with Gasteiger partial charge in [-0.25, -0.2) is 0 Å². The normalized spacial score (nSPS) is 41.8. The highest BCUT2D eigenvalue weighted by Crippen LogP contribution is 2.47. The van der Waals surface area contributed by atoms with Crippen LogP contribution in [0.25, 0.3) is 0 Å². The van der Waals surface area contributed by atoms with Gasteiger partial charge < -0.3 is 9.84 Å². The second kappa shape index (κ2) is 4.01. The average molecular weight is 212 g/mol. The predicted octanol–water partition coefficient (Wildman–Crippen LogP) is -0.759. The fourth-order valence-corrected chi connectivity index (χ4v) is 3.18. The minimum atomic E-state index is 0.294. The third-order valence-corrected chi connectivity index (χ3v) is 4.15. The third-order valence-electron chi connectivity index (χ3n) is 4.15. The number of fused-ring (bicyclic) bond motifs is 1. The van der Waals surface area contributed by atoms with Gasteiger partial charge in [0, 0.05) is 50.6 Å².